The predicted octanol–water partition coefficient (Wildman–Crippen LogP) is 4.74. The quantitative estimate of drug-likeness (QED) is 0.548. The number of benzene rings is 3. The Bertz CT molecular complexity index is 1110. The Morgan fingerprint density at radius 3 is 2.69 bits per heavy atom. The second kappa shape index (κ2) is 9.60. The predicted molar refractivity (Wildman–Crippen MR) is 116 cm³/mol. The molecular formula is C25H23FO6. The van der Waals surface area contributed by atoms with Gasteiger partial charge in [0.1, 0.15) is 30.5 Å². The van der Waals surface area contributed by atoms with Gasteiger partial charge in [0.05, 0.1) is 7.11 Å². The van der Waals surface area contributed by atoms with E-state index in [4.69, 9.17) is 24.1 Å². The van der Waals surface area contributed by atoms with Crippen molar-refractivity contribution >= 4 is 5.97 Å². The van der Waals surface area contributed by atoms with Crippen LogP contribution in [0.2, 0.25) is 0 Å². The van der Waals surface area contributed by atoms with Crippen LogP contribution < -0.4 is 18.9 Å². The topological polar surface area (TPSA) is 74.2 Å². The third kappa shape index (κ3) is 5.11. The Morgan fingerprint density at radius 2 is 1.91 bits per heavy atom. The molecule has 0 amide bonds. The molecule has 0 spiro atoms. The molecule has 1 aliphatic heterocycles. The highest BCUT2D eigenvalue weighted by Gasteiger charge is 2.22. The summed E-state index contributed by atoms with van der Waals surface area (Å²) in [6.07, 6.45) is -0.354. The number of fused-ring (bicyclic) bond motifs is 1. The van der Waals surface area contributed by atoms with Gasteiger partial charge in [-0.3, -0.25) is 4.79 Å². The largest absolute Gasteiger partial charge is 0.497 e. The van der Waals surface area contributed by atoms with Gasteiger partial charge >= 0.3 is 5.97 Å². The van der Waals surface area contributed by atoms with Crippen molar-refractivity contribution in [3.8, 4) is 34.1 Å². The highest BCUT2D eigenvalue weighted by atomic mass is 19.1. The standard InChI is InChI=1S/C25H23FO6/c1-29-19-4-2-3-17(11-19)18-6-9-23-24(12-18)32-21(15-31-23)14-30-20-8-5-16(22(26)13-20)7-10-25(27)28/h2-6,8-9,11-13,21H,7,10,14-15H2,1H3,(H,27,28). The number of ether oxygens (including phenoxy) is 4. The maximum absolute atomic E-state index is 14.2. The number of aryl methyl sites for hydroxylation is 1. The van der Waals surface area contributed by atoms with Gasteiger partial charge in [-0.1, -0.05) is 24.3 Å². The van der Waals surface area contributed by atoms with Crippen LogP contribution in [0.4, 0.5) is 4.39 Å². The second-order valence-corrected chi connectivity index (χ2v) is 7.40. The molecule has 0 radical (unpaired) electrons. The Labute approximate surface area is 185 Å². The molecule has 0 saturated carbocycles. The fourth-order valence-electron chi connectivity index (χ4n) is 3.43. The zero-order chi connectivity index (χ0) is 22.5. The van der Waals surface area contributed by atoms with E-state index in [0.717, 1.165) is 16.9 Å². The first kappa shape index (κ1) is 21.5. The van der Waals surface area contributed by atoms with Crippen molar-refractivity contribution in [2.45, 2.75) is 18.9 Å². The normalized spacial score (nSPS) is 14.6. The number of carboxylic acid groups (broad SMARTS) is 1. The van der Waals surface area contributed by atoms with Crippen LogP contribution in [0, 0.1) is 5.82 Å². The molecule has 6 nitrogen and oxygen atoms in total. The number of halogens is 1. The van der Waals surface area contributed by atoms with Crippen molar-refractivity contribution in [3.05, 3.63) is 72.0 Å². The van der Waals surface area contributed by atoms with E-state index in [-0.39, 0.29) is 25.6 Å². The molecule has 166 valence electrons. The van der Waals surface area contributed by atoms with Gasteiger partial charge in [0.2, 0.25) is 0 Å². The summed E-state index contributed by atoms with van der Waals surface area (Å²) in [6.45, 7) is 0.488. The van der Waals surface area contributed by atoms with Crippen molar-refractivity contribution in [1.29, 1.82) is 0 Å². The first-order valence-corrected chi connectivity index (χ1v) is 10.2. The molecule has 0 bridgehead atoms. The summed E-state index contributed by atoms with van der Waals surface area (Å²) >= 11 is 0. The summed E-state index contributed by atoms with van der Waals surface area (Å²) in [6, 6.07) is 17.9. The van der Waals surface area contributed by atoms with Gasteiger partial charge in [-0.25, -0.2) is 4.39 Å². The second-order valence-electron chi connectivity index (χ2n) is 7.40. The smallest absolute Gasteiger partial charge is 0.303 e. The highest BCUT2D eigenvalue weighted by Crippen LogP contribution is 2.36. The van der Waals surface area contributed by atoms with Crippen LogP contribution in [0.15, 0.2) is 60.7 Å². The van der Waals surface area contributed by atoms with E-state index in [2.05, 4.69) is 0 Å². The number of carboxylic acids is 1. The molecule has 0 aromatic heterocycles. The summed E-state index contributed by atoms with van der Waals surface area (Å²) in [7, 11) is 1.63. The highest BCUT2D eigenvalue weighted by molar-refractivity contribution is 5.68. The van der Waals surface area contributed by atoms with Crippen molar-refractivity contribution < 1.29 is 33.2 Å². The maximum atomic E-state index is 14.2. The minimum atomic E-state index is -0.964. The minimum absolute atomic E-state index is 0.123. The van der Waals surface area contributed by atoms with E-state index >= 15 is 0 Å². The number of hydrogen-bond donors (Lipinski definition) is 1. The molecule has 1 unspecified atom stereocenters. The van der Waals surface area contributed by atoms with Gasteiger partial charge < -0.3 is 24.1 Å². The van der Waals surface area contributed by atoms with Gasteiger partial charge in [0, 0.05) is 12.5 Å². The van der Waals surface area contributed by atoms with Gasteiger partial charge in [0.15, 0.2) is 17.6 Å². The molecule has 1 atom stereocenters. The summed E-state index contributed by atoms with van der Waals surface area (Å²) in [5.41, 5.74) is 2.30. The van der Waals surface area contributed by atoms with Crippen LogP contribution in [-0.2, 0) is 11.2 Å². The van der Waals surface area contributed by atoms with Gasteiger partial charge in [-0.05, 0) is 53.4 Å². The van der Waals surface area contributed by atoms with Crippen LogP contribution >= 0.6 is 0 Å². The Morgan fingerprint density at radius 1 is 1.06 bits per heavy atom. The molecular weight excluding hydrogens is 415 g/mol. The fraction of sp³-hybridized carbons (Fsp3) is 0.240. The molecule has 1 N–H and O–H groups in total. The van der Waals surface area contributed by atoms with Crippen molar-refractivity contribution in [1.82, 2.24) is 0 Å². The third-order valence-corrected chi connectivity index (χ3v) is 5.13. The average molecular weight is 438 g/mol. The molecule has 3 aromatic rings. The lowest BCUT2D eigenvalue weighted by Gasteiger charge is -2.27. The number of aliphatic carboxylic acids is 1. The summed E-state index contributed by atoms with van der Waals surface area (Å²) in [5.74, 6) is 0.930. The molecule has 1 heterocycles. The molecule has 4 rings (SSSR count). The van der Waals surface area contributed by atoms with Crippen LogP contribution in [0.3, 0.4) is 0 Å². The zero-order valence-electron chi connectivity index (χ0n) is 17.5. The minimum Gasteiger partial charge on any atom is -0.497 e. The van der Waals surface area contributed by atoms with Gasteiger partial charge in [-0.15, -0.1) is 0 Å². The molecule has 7 heteroatoms. The van der Waals surface area contributed by atoms with E-state index in [9.17, 15) is 9.18 Å². The van der Waals surface area contributed by atoms with E-state index < -0.39 is 11.8 Å². The molecule has 32 heavy (non-hydrogen) atoms. The van der Waals surface area contributed by atoms with E-state index in [1.165, 1.54) is 6.07 Å². The molecule has 0 saturated heterocycles. The lowest BCUT2D eigenvalue weighted by Crippen LogP contribution is -2.34. The Kier molecular flexibility index (Phi) is 6.44. The van der Waals surface area contributed by atoms with E-state index in [1.54, 1.807) is 19.2 Å². The summed E-state index contributed by atoms with van der Waals surface area (Å²) in [5, 5.41) is 8.75. The summed E-state index contributed by atoms with van der Waals surface area (Å²) in [4.78, 5) is 10.7. The molecule has 1 aliphatic rings. The van der Waals surface area contributed by atoms with Crippen LogP contribution in [0.5, 0.6) is 23.0 Å². The Balaban J connectivity index is 1.40. The van der Waals surface area contributed by atoms with Gasteiger partial charge in [-0.2, -0.15) is 0 Å². The van der Waals surface area contributed by atoms with Crippen molar-refractivity contribution in [2.75, 3.05) is 20.3 Å². The average Bonchev–Trinajstić information content (AvgIpc) is 2.81. The lowest BCUT2D eigenvalue weighted by molar-refractivity contribution is -0.136. The molecule has 0 aliphatic carbocycles. The first-order chi connectivity index (χ1) is 15.5. The maximum Gasteiger partial charge on any atom is 0.303 e. The monoisotopic (exact) mass is 438 g/mol. The lowest BCUT2D eigenvalue weighted by atomic mass is 10.0. The van der Waals surface area contributed by atoms with E-state index in [1.807, 2.05) is 42.5 Å². The number of carbonyl (C=O) groups is 1. The number of methoxy groups -OCH3 is 1. The van der Waals surface area contributed by atoms with Crippen LogP contribution in [0.1, 0.15) is 12.0 Å². The third-order valence-electron chi connectivity index (χ3n) is 5.13. The fourth-order valence-corrected chi connectivity index (χ4v) is 3.43. The molecule has 3 aromatic carbocycles. The van der Waals surface area contributed by atoms with Crippen LogP contribution in [-0.4, -0.2) is 37.5 Å². The SMILES string of the molecule is COc1cccc(-c2ccc3c(c2)OC(COc2ccc(CCC(=O)O)c(F)c2)CO3)c1. The first-order valence-electron chi connectivity index (χ1n) is 10.2. The Hall–Kier alpha value is -3.74. The van der Waals surface area contributed by atoms with E-state index in [0.29, 0.717) is 29.4 Å². The summed E-state index contributed by atoms with van der Waals surface area (Å²) < 4.78 is 37.0. The zero-order valence-corrected chi connectivity index (χ0v) is 17.5. The van der Waals surface area contributed by atoms with Crippen LogP contribution in [0.25, 0.3) is 11.1 Å². The molecule has 0 fully saturated rings. The number of hydrogen-bond acceptors (Lipinski definition) is 5. The van der Waals surface area contributed by atoms with Gasteiger partial charge in [0.25, 0.3) is 0 Å². The van der Waals surface area contributed by atoms with Crippen molar-refractivity contribution in [2.24, 2.45) is 0 Å². The van der Waals surface area contributed by atoms with Crippen molar-refractivity contribution in [3.63, 3.8) is 0 Å². The number of rotatable bonds is 8.